The summed E-state index contributed by atoms with van der Waals surface area (Å²) >= 11 is 0. The molecule has 0 radical (unpaired) electrons. The Morgan fingerprint density at radius 2 is 1.83 bits per heavy atom. The summed E-state index contributed by atoms with van der Waals surface area (Å²) in [7, 11) is 1.90. The monoisotopic (exact) mass is 404 g/mol. The lowest BCUT2D eigenvalue weighted by Crippen LogP contribution is -2.38. The topological polar surface area (TPSA) is 59.2 Å². The molecular weight excluding hydrogens is 376 g/mol. The Hall–Kier alpha value is -2.67. The highest BCUT2D eigenvalue weighted by Gasteiger charge is 2.30. The van der Waals surface area contributed by atoms with Crippen molar-refractivity contribution in [2.24, 2.45) is 7.05 Å². The van der Waals surface area contributed by atoms with Crippen molar-refractivity contribution >= 4 is 16.6 Å². The van der Waals surface area contributed by atoms with Gasteiger partial charge in [-0.2, -0.15) is 5.10 Å². The second-order valence-corrected chi connectivity index (χ2v) is 9.07. The molecule has 0 spiro atoms. The van der Waals surface area contributed by atoms with Crippen LogP contribution >= 0.6 is 0 Å². The molecule has 0 N–H and O–H groups in total. The summed E-state index contributed by atoms with van der Waals surface area (Å²) in [4.78, 5) is 23.7. The zero-order valence-electron chi connectivity index (χ0n) is 17.5. The Balaban J connectivity index is 1.49. The van der Waals surface area contributed by atoms with Crippen LogP contribution in [-0.4, -0.2) is 56.5 Å². The number of nitrogens with zero attached hydrogens (tertiary/aromatic N) is 6. The van der Waals surface area contributed by atoms with Crippen LogP contribution in [0.2, 0.25) is 0 Å². The van der Waals surface area contributed by atoms with E-state index in [0.29, 0.717) is 6.04 Å². The molecule has 4 fully saturated rings. The highest BCUT2D eigenvalue weighted by atomic mass is 16.1. The van der Waals surface area contributed by atoms with E-state index in [1.807, 2.05) is 23.9 Å². The van der Waals surface area contributed by atoms with Gasteiger partial charge < -0.3 is 9.80 Å². The van der Waals surface area contributed by atoms with Gasteiger partial charge in [0.05, 0.1) is 22.7 Å². The first-order valence-corrected chi connectivity index (χ1v) is 11.2. The number of aromatic nitrogens is 4. The highest BCUT2D eigenvalue weighted by Crippen LogP contribution is 2.35. The zero-order chi connectivity index (χ0) is 20.2. The molecule has 5 heterocycles. The fourth-order valence-corrected chi connectivity index (χ4v) is 5.32. The van der Waals surface area contributed by atoms with E-state index in [9.17, 15) is 4.79 Å². The average molecular weight is 405 g/mol. The highest BCUT2D eigenvalue weighted by molar-refractivity contribution is 5.83. The number of rotatable bonds is 3. The minimum atomic E-state index is 0.0910. The van der Waals surface area contributed by atoms with Crippen LogP contribution in [0.5, 0.6) is 0 Å². The predicted octanol–water partition coefficient (Wildman–Crippen LogP) is 2.81. The van der Waals surface area contributed by atoms with E-state index in [-0.39, 0.29) is 11.6 Å². The van der Waals surface area contributed by atoms with E-state index >= 15 is 0 Å². The van der Waals surface area contributed by atoms with E-state index in [2.05, 4.69) is 27.0 Å². The van der Waals surface area contributed by atoms with E-state index in [1.54, 1.807) is 10.9 Å². The largest absolute Gasteiger partial charge is 0.367 e. The van der Waals surface area contributed by atoms with Crippen molar-refractivity contribution in [3.8, 4) is 11.4 Å². The third-order valence-electron chi connectivity index (χ3n) is 7.27. The fraction of sp³-hybridized carbons (Fsp3) is 0.522. The lowest BCUT2D eigenvalue weighted by atomic mass is 9.92. The third kappa shape index (κ3) is 2.87. The number of hydrogen-bond acceptors (Lipinski definition) is 5. The quantitative estimate of drug-likeness (QED) is 0.672. The van der Waals surface area contributed by atoms with E-state index in [0.717, 1.165) is 48.2 Å². The Morgan fingerprint density at radius 1 is 1.00 bits per heavy atom. The Morgan fingerprint density at radius 3 is 2.53 bits per heavy atom. The predicted molar refractivity (Wildman–Crippen MR) is 118 cm³/mol. The van der Waals surface area contributed by atoms with Gasteiger partial charge in [-0.3, -0.25) is 14.0 Å². The van der Waals surface area contributed by atoms with Gasteiger partial charge in [-0.15, -0.1) is 0 Å². The van der Waals surface area contributed by atoms with Gasteiger partial charge in [0.2, 0.25) is 0 Å². The molecule has 156 valence electrons. The number of anilines is 1. The molecule has 3 saturated heterocycles. The zero-order valence-corrected chi connectivity index (χ0v) is 17.5. The van der Waals surface area contributed by atoms with Crippen molar-refractivity contribution < 1.29 is 0 Å². The summed E-state index contributed by atoms with van der Waals surface area (Å²) < 4.78 is 3.70. The van der Waals surface area contributed by atoms with Gasteiger partial charge in [0.15, 0.2) is 0 Å². The molecule has 4 aliphatic rings. The van der Waals surface area contributed by atoms with Crippen LogP contribution in [-0.2, 0) is 7.05 Å². The number of benzene rings is 1. The molecule has 0 amide bonds. The lowest BCUT2D eigenvalue weighted by Gasteiger charge is -2.33. The normalized spacial score (nSPS) is 24.2. The molecule has 7 rings (SSSR count). The first-order chi connectivity index (χ1) is 14.7. The van der Waals surface area contributed by atoms with Crippen LogP contribution in [0.4, 0.5) is 5.69 Å². The molecule has 1 saturated carbocycles. The van der Waals surface area contributed by atoms with Gasteiger partial charge in [0.25, 0.3) is 5.56 Å². The van der Waals surface area contributed by atoms with E-state index < -0.39 is 0 Å². The molecular formula is C23H28N6O. The lowest BCUT2D eigenvalue weighted by molar-refractivity contribution is 0.250. The summed E-state index contributed by atoms with van der Waals surface area (Å²) in [6.45, 7) is 4.53. The van der Waals surface area contributed by atoms with Crippen molar-refractivity contribution in [1.82, 2.24) is 24.2 Å². The van der Waals surface area contributed by atoms with Crippen LogP contribution < -0.4 is 10.5 Å². The molecule has 1 aliphatic carbocycles. The summed E-state index contributed by atoms with van der Waals surface area (Å²) in [5.74, 6) is 0.749. The number of hydrogen-bond donors (Lipinski definition) is 0. The second-order valence-electron chi connectivity index (χ2n) is 9.07. The van der Waals surface area contributed by atoms with Gasteiger partial charge in [0.1, 0.15) is 5.82 Å². The fourth-order valence-electron chi connectivity index (χ4n) is 5.32. The van der Waals surface area contributed by atoms with Crippen LogP contribution in [0.25, 0.3) is 22.3 Å². The van der Waals surface area contributed by atoms with Gasteiger partial charge in [-0.25, -0.2) is 4.98 Å². The number of piperidine rings is 1. The summed E-state index contributed by atoms with van der Waals surface area (Å²) in [5, 5.41) is 5.05. The summed E-state index contributed by atoms with van der Waals surface area (Å²) in [6.07, 6.45) is 9.44. The van der Waals surface area contributed by atoms with E-state index in [1.165, 1.54) is 38.0 Å². The Bertz CT molecular complexity index is 1150. The molecule has 2 aromatic heterocycles. The van der Waals surface area contributed by atoms with Crippen LogP contribution in [0.3, 0.4) is 0 Å². The van der Waals surface area contributed by atoms with Crippen molar-refractivity contribution in [3.05, 3.63) is 40.9 Å². The SMILES string of the molecule is Cn1cc(-c2nc3ccc(N4CCN5CCC4CC5)cc3c(=O)n2C2CCC2)cn1. The maximum Gasteiger partial charge on any atom is 0.261 e. The summed E-state index contributed by atoms with van der Waals surface area (Å²) in [5.41, 5.74) is 2.95. The van der Waals surface area contributed by atoms with Crippen molar-refractivity contribution in [1.29, 1.82) is 0 Å². The molecule has 3 aromatic rings. The molecule has 30 heavy (non-hydrogen) atoms. The van der Waals surface area contributed by atoms with Gasteiger partial charge >= 0.3 is 0 Å². The van der Waals surface area contributed by atoms with E-state index in [4.69, 9.17) is 4.98 Å². The maximum absolute atomic E-state index is 13.7. The van der Waals surface area contributed by atoms with Crippen LogP contribution in [0.1, 0.15) is 38.1 Å². The first kappa shape index (κ1) is 18.1. The second kappa shape index (κ2) is 6.94. The smallest absolute Gasteiger partial charge is 0.261 e. The minimum absolute atomic E-state index is 0.0910. The molecule has 7 nitrogen and oxygen atoms in total. The van der Waals surface area contributed by atoms with Crippen molar-refractivity contribution in [2.75, 3.05) is 31.1 Å². The molecule has 0 atom stereocenters. The Kier molecular flexibility index (Phi) is 4.19. The molecule has 1 aromatic carbocycles. The molecule has 2 bridgehead atoms. The van der Waals surface area contributed by atoms with Gasteiger partial charge in [-0.05, 0) is 50.3 Å². The average Bonchev–Trinajstić information content (AvgIpc) is 2.94. The molecule has 3 aliphatic heterocycles. The minimum Gasteiger partial charge on any atom is -0.367 e. The van der Waals surface area contributed by atoms with Crippen molar-refractivity contribution in [3.63, 3.8) is 0 Å². The van der Waals surface area contributed by atoms with Crippen LogP contribution in [0.15, 0.2) is 35.4 Å². The first-order valence-electron chi connectivity index (χ1n) is 11.2. The van der Waals surface area contributed by atoms with Crippen LogP contribution in [0, 0.1) is 0 Å². The standard InChI is InChI=1S/C23H28N6O/c1-26-15-16(14-24-26)22-25-21-6-5-19(28-12-11-27-9-7-17(28)8-10-27)13-20(21)23(30)29(22)18-3-2-4-18/h5-6,13-15,17-18H,2-4,7-12H2,1H3. The summed E-state index contributed by atoms with van der Waals surface area (Å²) in [6, 6.07) is 7.12. The molecule has 0 unspecified atom stereocenters. The number of aryl methyl sites for hydroxylation is 1. The van der Waals surface area contributed by atoms with Gasteiger partial charge in [0, 0.05) is 57.2 Å². The maximum atomic E-state index is 13.7. The third-order valence-corrected chi connectivity index (χ3v) is 7.27. The Labute approximate surface area is 175 Å². The molecule has 7 heteroatoms. The van der Waals surface area contributed by atoms with Gasteiger partial charge in [-0.1, -0.05) is 0 Å². The number of fused-ring (bicyclic) bond motifs is 5. The van der Waals surface area contributed by atoms with Crippen molar-refractivity contribution in [2.45, 2.75) is 44.2 Å².